The minimum atomic E-state index is -4.43. The maximum Gasteiger partial charge on any atom is 0.417 e. The highest BCUT2D eigenvalue weighted by molar-refractivity contribution is 5.94. The minimum Gasteiger partial charge on any atom is -0.356 e. The van der Waals surface area contributed by atoms with Crippen molar-refractivity contribution in [1.82, 2.24) is 10.3 Å². The molecule has 2 aromatic rings. The van der Waals surface area contributed by atoms with Crippen LogP contribution in [0.25, 0.3) is 0 Å². The zero-order chi connectivity index (χ0) is 19.6. The van der Waals surface area contributed by atoms with Crippen LogP contribution in [0, 0.1) is 11.6 Å². The van der Waals surface area contributed by atoms with Crippen LogP contribution in [-0.2, 0) is 6.18 Å². The zero-order valence-electron chi connectivity index (χ0n) is 14.1. The molecule has 0 bridgehead atoms. The van der Waals surface area contributed by atoms with Crippen LogP contribution >= 0.6 is 0 Å². The maximum atomic E-state index is 13.2. The first-order valence-corrected chi connectivity index (χ1v) is 8.27. The molecular weight excluding hydrogens is 369 g/mol. The fourth-order valence-corrected chi connectivity index (χ4v) is 2.95. The van der Waals surface area contributed by atoms with Crippen LogP contribution in [0.2, 0.25) is 0 Å². The summed E-state index contributed by atoms with van der Waals surface area (Å²) in [5, 5.41) is 2.72. The van der Waals surface area contributed by atoms with Crippen molar-refractivity contribution in [3.8, 4) is 0 Å². The molecule has 144 valence electrons. The molecular formula is C18H16F5N3O. The number of pyridine rings is 1. The van der Waals surface area contributed by atoms with Crippen molar-refractivity contribution in [1.29, 1.82) is 0 Å². The van der Waals surface area contributed by atoms with Gasteiger partial charge in [0.1, 0.15) is 17.5 Å². The largest absolute Gasteiger partial charge is 0.417 e. The van der Waals surface area contributed by atoms with E-state index < -0.39 is 29.3 Å². The van der Waals surface area contributed by atoms with E-state index in [0.29, 0.717) is 37.8 Å². The molecule has 0 unspecified atom stereocenters. The van der Waals surface area contributed by atoms with Crippen LogP contribution in [-0.4, -0.2) is 30.0 Å². The first-order valence-electron chi connectivity index (χ1n) is 8.27. The molecule has 27 heavy (non-hydrogen) atoms. The van der Waals surface area contributed by atoms with Crippen molar-refractivity contribution in [3.05, 3.63) is 59.3 Å². The van der Waals surface area contributed by atoms with Crippen LogP contribution in [0.15, 0.2) is 36.5 Å². The van der Waals surface area contributed by atoms with Crippen molar-refractivity contribution in [2.75, 3.05) is 18.0 Å². The standard InChI is InChI=1S/C18H16F5N3O/c19-13-7-11(8-14(20)9-13)17(27)25-15-3-5-26(6-4-15)16-2-1-12(10-24-16)18(21,22)23/h1-2,7-10,15H,3-6H2,(H,25,27). The number of hydrogen-bond acceptors (Lipinski definition) is 3. The number of amides is 1. The highest BCUT2D eigenvalue weighted by Crippen LogP contribution is 2.29. The third-order valence-electron chi connectivity index (χ3n) is 4.35. The highest BCUT2D eigenvalue weighted by atomic mass is 19.4. The van der Waals surface area contributed by atoms with Gasteiger partial charge in [0.25, 0.3) is 5.91 Å². The van der Waals surface area contributed by atoms with Crippen LogP contribution < -0.4 is 10.2 Å². The van der Waals surface area contributed by atoms with Gasteiger partial charge < -0.3 is 10.2 Å². The van der Waals surface area contributed by atoms with Gasteiger partial charge in [-0.05, 0) is 37.1 Å². The van der Waals surface area contributed by atoms with Crippen molar-refractivity contribution in [2.45, 2.75) is 25.1 Å². The molecule has 9 heteroatoms. The van der Waals surface area contributed by atoms with E-state index in [0.717, 1.165) is 24.4 Å². The van der Waals surface area contributed by atoms with Crippen molar-refractivity contribution in [3.63, 3.8) is 0 Å². The number of halogens is 5. The Kier molecular flexibility index (Phi) is 5.29. The van der Waals surface area contributed by atoms with Gasteiger partial charge in [0, 0.05) is 37.0 Å². The quantitative estimate of drug-likeness (QED) is 0.818. The molecule has 0 radical (unpaired) electrons. The van der Waals surface area contributed by atoms with E-state index in [1.807, 2.05) is 4.90 Å². The fourth-order valence-electron chi connectivity index (χ4n) is 2.95. The van der Waals surface area contributed by atoms with Crippen molar-refractivity contribution < 1.29 is 26.7 Å². The predicted molar refractivity (Wildman–Crippen MR) is 88.3 cm³/mol. The number of carbonyl (C=O) groups is 1. The van der Waals surface area contributed by atoms with Gasteiger partial charge in [0.15, 0.2) is 0 Å². The molecule has 0 atom stereocenters. The lowest BCUT2D eigenvalue weighted by atomic mass is 10.0. The number of carbonyl (C=O) groups excluding carboxylic acids is 1. The Morgan fingerprint density at radius 2 is 1.70 bits per heavy atom. The molecule has 0 spiro atoms. The van der Waals surface area contributed by atoms with E-state index in [9.17, 15) is 26.7 Å². The summed E-state index contributed by atoms with van der Waals surface area (Å²) < 4.78 is 64.2. The molecule has 1 fully saturated rings. The van der Waals surface area contributed by atoms with Crippen LogP contribution in [0.4, 0.5) is 27.8 Å². The first-order chi connectivity index (χ1) is 12.7. The molecule has 0 aliphatic carbocycles. The molecule has 3 rings (SSSR count). The zero-order valence-corrected chi connectivity index (χ0v) is 14.1. The number of benzene rings is 1. The number of alkyl halides is 3. The summed E-state index contributed by atoms with van der Waals surface area (Å²) in [6.45, 7) is 0.974. The molecule has 1 N–H and O–H groups in total. The Labute approximate surface area is 152 Å². The van der Waals surface area contributed by atoms with Crippen molar-refractivity contribution >= 4 is 11.7 Å². The Morgan fingerprint density at radius 3 is 2.22 bits per heavy atom. The molecule has 1 amide bonds. The number of anilines is 1. The summed E-state index contributed by atoms with van der Waals surface area (Å²) in [5.41, 5.74) is -0.907. The summed E-state index contributed by atoms with van der Waals surface area (Å²) in [6.07, 6.45) is -2.57. The number of aromatic nitrogens is 1. The number of piperidine rings is 1. The maximum absolute atomic E-state index is 13.2. The van der Waals surface area contributed by atoms with Gasteiger partial charge in [0.05, 0.1) is 5.56 Å². The summed E-state index contributed by atoms with van der Waals surface area (Å²) in [5.74, 6) is -1.80. The lowest BCUT2D eigenvalue weighted by Crippen LogP contribution is -2.45. The lowest BCUT2D eigenvalue weighted by Gasteiger charge is -2.33. The monoisotopic (exact) mass is 385 g/mol. The summed E-state index contributed by atoms with van der Waals surface area (Å²) in [4.78, 5) is 17.8. The van der Waals surface area contributed by atoms with E-state index in [-0.39, 0.29) is 11.6 Å². The Balaban J connectivity index is 1.56. The molecule has 2 heterocycles. The molecule has 1 aliphatic rings. The lowest BCUT2D eigenvalue weighted by molar-refractivity contribution is -0.137. The third-order valence-corrected chi connectivity index (χ3v) is 4.35. The van der Waals surface area contributed by atoms with E-state index in [4.69, 9.17) is 0 Å². The Morgan fingerprint density at radius 1 is 1.07 bits per heavy atom. The smallest absolute Gasteiger partial charge is 0.356 e. The Hall–Kier alpha value is -2.71. The van der Waals surface area contributed by atoms with Gasteiger partial charge in [-0.25, -0.2) is 13.8 Å². The van der Waals surface area contributed by atoms with Gasteiger partial charge in [0.2, 0.25) is 0 Å². The van der Waals surface area contributed by atoms with E-state index >= 15 is 0 Å². The normalized spacial score (nSPS) is 15.7. The van der Waals surface area contributed by atoms with Gasteiger partial charge in [-0.1, -0.05) is 0 Å². The number of hydrogen-bond donors (Lipinski definition) is 1. The Bertz CT molecular complexity index is 794. The van der Waals surface area contributed by atoms with Crippen molar-refractivity contribution in [2.24, 2.45) is 0 Å². The molecule has 1 aromatic carbocycles. The number of nitrogens with one attached hydrogen (secondary N) is 1. The van der Waals surface area contributed by atoms with Gasteiger partial charge >= 0.3 is 6.18 Å². The second kappa shape index (κ2) is 7.50. The second-order valence-corrected chi connectivity index (χ2v) is 6.30. The summed E-state index contributed by atoms with van der Waals surface area (Å²) >= 11 is 0. The van der Waals surface area contributed by atoms with Crippen LogP contribution in [0.3, 0.4) is 0 Å². The molecule has 0 saturated carbocycles. The molecule has 1 aromatic heterocycles. The van der Waals surface area contributed by atoms with Gasteiger partial charge in [-0.15, -0.1) is 0 Å². The van der Waals surface area contributed by atoms with Crippen LogP contribution in [0.1, 0.15) is 28.8 Å². The SMILES string of the molecule is O=C(NC1CCN(c2ccc(C(F)(F)F)cn2)CC1)c1cc(F)cc(F)c1. The third kappa shape index (κ3) is 4.72. The van der Waals surface area contributed by atoms with Crippen LogP contribution in [0.5, 0.6) is 0 Å². The minimum absolute atomic E-state index is 0.0978. The fraction of sp³-hybridized carbons (Fsp3) is 0.333. The van der Waals surface area contributed by atoms with Gasteiger partial charge in [-0.3, -0.25) is 4.79 Å². The molecule has 1 aliphatic heterocycles. The second-order valence-electron chi connectivity index (χ2n) is 6.30. The van der Waals surface area contributed by atoms with E-state index in [1.165, 1.54) is 6.07 Å². The number of rotatable bonds is 3. The summed E-state index contributed by atoms with van der Waals surface area (Å²) in [7, 11) is 0. The highest BCUT2D eigenvalue weighted by Gasteiger charge is 2.31. The molecule has 1 saturated heterocycles. The van der Waals surface area contributed by atoms with E-state index in [2.05, 4.69) is 10.3 Å². The topological polar surface area (TPSA) is 45.2 Å². The predicted octanol–water partition coefficient (Wildman–Crippen LogP) is 3.78. The average Bonchev–Trinajstić information content (AvgIpc) is 2.61. The van der Waals surface area contributed by atoms with Gasteiger partial charge in [-0.2, -0.15) is 13.2 Å². The average molecular weight is 385 g/mol. The number of nitrogens with zero attached hydrogens (tertiary/aromatic N) is 2. The molecule has 4 nitrogen and oxygen atoms in total. The summed E-state index contributed by atoms with van der Waals surface area (Å²) in [6, 6.07) is 4.70. The van der Waals surface area contributed by atoms with E-state index in [1.54, 1.807) is 0 Å². The first kappa shape index (κ1) is 19.1.